The molecule has 18 heavy (non-hydrogen) atoms. The first kappa shape index (κ1) is 15.2. The lowest BCUT2D eigenvalue weighted by Gasteiger charge is -2.05. The van der Waals surface area contributed by atoms with Crippen molar-refractivity contribution in [3.05, 3.63) is 17.4 Å². The maximum Gasteiger partial charge on any atom is 0.153 e. The van der Waals surface area contributed by atoms with Gasteiger partial charge >= 0.3 is 0 Å². The van der Waals surface area contributed by atoms with Gasteiger partial charge in [0.1, 0.15) is 0 Å². The van der Waals surface area contributed by atoms with Gasteiger partial charge in [0.15, 0.2) is 5.15 Å². The van der Waals surface area contributed by atoms with E-state index in [2.05, 4.69) is 22.4 Å². The van der Waals surface area contributed by atoms with Crippen LogP contribution in [0.2, 0.25) is 5.15 Å². The molecule has 0 aliphatic rings. The molecule has 1 aromatic rings. The summed E-state index contributed by atoms with van der Waals surface area (Å²) in [5.41, 5.74) is 0.956. The molecule has 4 heteroatoms. The van der Waals surface area contributed by atoms with Crippen molar-refractivity contribution in [3.8, 4) is 0 Å². The molecule has 0 fully saturated rings. The summed E-state index contributed by atoms with van der Waals surface area (Å²) in [5, 5.41) is 11.3. The molecule has 1 heterocycles. The van der Waals surface area contributed by atoms with Gasteiger partial charge in [-0.25, -0.2) is 0 Å². The first-order chi connectivity index (χ1) is 8.83. The normalized spacial score (nSPS) is 10.6. The standard InChI is InChI=1S/C14H24ClN3/c1-2-3-4-5-6-7-8-9-10-16-13-11-14(15)18-17-12-13/h11-12H,2-10H2,1H3,(H,16,18). The van der Waals surface area contributed by atoms with Gasteiger partial charge < -0.3 is 5.32 Å². The minimum atomic E-state index is 0.441. The monoisotopic (exact) mass is 269 g/mol. The van der Waals surface area contributed by atoms with E-state index in [4.69, 9.17) is 11.6 Å². The quantitative estimate of drug-likeness (QED) is 0.627. The second kappa shape index (κ2) is 10.1. The Labute approximate surface area is 115 Å². The summed E-state index contributed by atoms with van der Waals surface area (Å²) < 4.78 is 0. The zero-order valence-electron chi connectivity index (χ0n) is 11.3. The van der Waals surface area contributed by atoms with Crippen molar-refractivity contribution in [2.75, 3.05) is 11.9 Å². The molecule has 1 N–H and O–H groups in total. The van der Waals surface area contributed by atoms with Crippen LogP contribution in [-0.2, 0) is 0 Å². The van der Waals surface area contributed by atoms with E-state index in [1.807, 2.05) is 0 Å². The average Bonchev–Trinajstić information content (AvgIpc) is 2.37. The van der Waals surface area contributed by atoms with E-state index in [1.54, 1.807) is 12.3 Å². The topological polar surface area (TPSA) is 37.8 Å². The van der Waals surface area contributed by atoms with Gasteiger partial charge in [-0.15, -0.1) is 5.10 Å². The second-order valence-corrected chi connectivity index (χ2v) is 5.06. The van der Waals surface area contributed by atoms with Crippen molar-refractivity contribution < 1.29 is 0 Å². The number of rotatable bonds is 10. The zero-order valence-corrected chi connectivity index (χ0v) is 12.0. The minimum Gasteiger partial charge on any atom is -0.384 e. The summed E-state index contributed by atoms with van der Waals surface area (Å²) in [7, 11) is 0. The van der Waals surface area contributed by atoms with Crippen LogP contribution in [0.3, 0.4) is 0 Å². The van der Waals surface area contributed by atoms with Crippen LogP contribution in [0.1, 0.15) is 58.3 Å². The largest absolute Gasteiger partial charge is 0.384 e. The van der Waals surface area contributed by atoms with Crippen LogP contribution < -0.4 is 5.32 Å². The second-order valence-electron chi connectivity index (χ2n) is 4.67. The van der Waals surface area contributed by atoms with Gasteiger partial charge in [0.2, 0.25) is 0 Å². The van der Waals surface area contributed by atoms with Crippen LogP contribution in [0.4, 0.5) is 5.69 Å². The molecule has 0 saturated heterocycles. The van der Waals surface area contributed by atoms with E-state index >= 15 is 0 Å². The van der Waals surface area contributed by atoms with Gasteiger partial charge in [-0.3, -0.25) is 0 Å². The van der Waals surface area contributed by atoms with E-state index in [-0.39, 0.29) is 0 Å². The van der Waals surface area contributed by atoms with Crippen LogP contribution in [0.15, 0.2) is 12.3 Å². The molecule has 0 amide bonds. The molecule has 0 unspecified atom stereocenters. The Kier molecular flexibility index (Phi) is 8.57. The van der Waals surface area contributed by atoms with Crippen molar-refractivity contribution in [1.29, 1.82) is 0 Å². The molecule has 0 saturated carbocycles. The van der Waals surface area contributed by atoms with Crippen molar-refractivity contribution in [2.24, 2.45) is 0 Å². The molecule has 3 nitrogen and oxygen atoms in total. The Bertz CT molecular complexity index is 318. The molecule has 102 valence electrons. The van der Waals surface area contributed by atoms with Crippen LogP contribution in [0.25, 0.3) is 0 Å². The van der Waals surface area contributed by atoms with Gasteiger partial charge in [-0.1, -0.05) is 63.5 Å². The van der Waals surface area contributed by atoms with Crippen molar-refractivity contribution in [2.45, 2.75) is 58.3 Å². The molecule has 0 aliphatic carbocycles. The molecule has 1 rings (SSSR count). The first-order valence-corrected chi connectivity index (χ1v) is 7.43. The highest BCUT2D eigenvalue weighted by Gasteiger charge is 1.95. The Morgan fingerprint density at radius 2 is 1.72 bits per heavy atom. The molecule has 0 bridgehead atoms. The van der Waals surface area contributed by atoms with Gasteiger partial charge in [0.25, 0.3) is 0 Å². The molecule has 0 spiro atoms. The fourth-order valence-electron chi connectivity index (χ4n) is 1.93. The number of hydrogen-bond acceptors (Lipinski definition) is 3. The number of halogens is 1. The van der Waals surface area contributed by atoms with E-state index in [0.29, 0.717) is 5.15 Å². The Morgan fingerprint density at radius 3 is 2.39 bits per heavy atom. The number of unbranched alkanes of at least 4 members (excludes halogenated alkanes) is 7. The molecule has 0 aromatic carbocycles. The van der Waals surface area contributed by atoms with Crippen molar-refractivity contribution >= 4 is 17.3 Å². The Morgan fingerprint density at radius 1 is 1.06 bits per heavy atom. The van der Waals surface area contributed by atoms with Crippen LogP contribution in [-0.4, -0.2) is 16.7 Å². The summed E-state index contributed by atoms with van der Waals surface area (Å²) in [6.07, 6.45) is 12.4. The van der Waals surface area contributed by atoms with E-state index in [0.717, 1.165) is 12.2 Å². The van der Waals surface area contributed by atoms with Crippen molar-refractivity contribution in [3.63, 3.8) is 0 Å². The predicted octanol–water partition coefficient (Wildman–Crippen LogP) is 4.68. The maximum absolute atomic E-state index is 5.75. The summed E-state index contributed by atoms with van der Waals surface area (Å²) in [6, 6.07) is 1.80. The third-order valence-electron chi connectivity index (χ3n) is 2.98. The zero-order chi connectivity index (χ0) is 13.1. The van der Waals surface area contributed by atoms with E-state index in [1.165, 1.54) is 51.4 Å². The third-order valence-corrected chi connectivity index (χ3v) is 3.17. The number of aromatic nitrogens is 2. The number of nitrogens with one attached hydrogen (secondary N) is 1. The summed E-state index contributed by atoms with van der Waals surface area (Å²) in [4.78, 5) is 0. The minimum absolute atomic E-state index is 0.441. The van der Waals surface area contributed by atoms with Gasteiger partial charge in [-0.05, 0) is 6.42 Å². The summed E-state index contributed by atoms with van der Waals surface area (Å²) in [5.74, 6) is 0. The molecule has 0 radical (unpaired) electrons. The van der Waals surface area contributed by atoms with Crippen LogP contribution >= 0.6 is 11.6 Å². The average molecular weight is 270 g/mol. The Hall–Kier alpha value is -0.830. The SMILES string of the molecule is CCCCCCCCCCNc1cnnc(Cl)c1. The number of hydrogen-bond donors (Lipinski definition) is 1. The lowest BCUT2D eigenvalue weighted by atomic mass is 10.1. The molecule has 1 aromatic heterocycles. The number of anilines is 1. The highest BCUT2D eigenvalue weighted by atomic mass is 35.5. The summed E-state index contributed by atoms with van der Waals surface area (Å²) >= 11 is 5.75. The van der Waals surface area contributed by atoms with Gasteiger partial charge in [0.05, 0.1) is 11.9 Å². The van der Waals surface area contributed by atoms with E-state index < -0.39 is 0 Å². The molecular formula is C14H24ClN3. The fraction of sp³-hybridized carbons (Fsp3) is 0.714. The molecule has 0 aliphatic heterocycles. The fourth-order valence-corrected chi connectivity index (χ4v) is 2.09. The lowest BCUT2D eigenvalue weighted by Crippen LogP contribution is -2.02. The third kappa shape index (κ3) is 7.49. The molecular weight excluding hydrogens is 246 g/mol. The van der Waals surface area contributed by atoms with Gasteiger partial charge in [-0.2, -0.15) is 5.10 Å². The smallest absolute Gasteiger partial charge is 0.153 e. The Balaban J connectivity index is 1.92. The van der Waals surface area contributed by atoms with E-state index in [9.17, 15) is 0 Å². The van der Waals surface area contributed by atoms with Crippen LogP contribution in [0.5, 0.6) is 0 Å². The van der Waals surface area contributed by atoms with Crippen LogP contribution in [0, 0.1) is 0 Å². The molecule has 0 atom stereocenters. The highest BCUT2D eigenvalue weighted by Crippen LogP contribution is 2.11. The first-order valence-electron chi connectivity index (χ1n) is 7.05. The predicted molar refractivity (Wildman–Crippen MR) is 78.1 cm³/mol. The van der Waals surface area contributed by atoms with Gasteiger partial charge in [0, 0.05) is 12.6 Å². The lowest BCUT2D eigenvalue weighted by molar-refractivity contribution is 0.581. The van der Waals surface area contributed by atoms with Crippen molar-refractivity contribution in [1.82, 2.24) is 10.2 Å². The number of nitrogens with zero attached hydrogens (tertiary/aromatic N) is 2. The summed E-state index contributed by atoms with van der Waals surface area (Å²) in [6.45, 7) is 3.24. The highest BCUT2D eigenvalue weighted by molar-refractivity contribution is 6.29. The maximum atomic E-state index is 5.75.